The van der Waals surface area contributed by atoms with Gasteiger partial charge >= 0.3 is 0 Å². The van der Waals surface area contributed by atoms with Crippen LogP contribution in [0.1, 0.15) is 63.3 Å². The molecule has 0 N–H and O–H groups in total. The number of benzene rings is 1. The SMILES string of the molecule is CCCc1ccc(C(=O)/C=C/c2ccc(OC)c(Cn3nc(C(F)F)cc3C(F)F)c2)s1. The highest BCUT2D eigenvalue weighted by Gasteiger charge is 2.22. The third-order valence-electron chi connectivity index (χ3n) is 4.73. The third-order valence-corrected chi connectivity index (χ3v) is 5.89. The van der Waals surface area contributed by atoms with Gasteiger partial charge in [0.1, 0.15) is 17.1 Å². The van der Waals surface area contributed by atoms with Crippen LogP contribution in [0.4, 0.5) is 17.6 Å². The lowest BCUT2D eigenvalue weighted by atomic mass is 10.1. The topological polar surface area (TPSA) is 44.1 Å². The van der Waals surface area contributed by atoms with Crippen molar-refractivity contribution in [1.29, 1.82) is 0 Å². The molecule has 32 heavy (non-hydrogen) atoms. The molecule has 0 bridgehead atoms. The molecule has 0 unspecified atom stereocenters. The van der Waals surface area contributed by atoms with Gasteiger partial charge in [0.2, 0.25) is 0 Å². The molecule has 0 saturated carbocycles. The van der Waals surface area contributed by atoms with Crippen LogP contribution in [0.2, 0.25) is 0 Å². The van der Waals surface area contributed by atoms with Crippen LogP contribution < -0.4 is 4.74 Å². The monoisotopic (exact) mass is 466 g/mol. The van der Waals surface area contributed by atoms with Crippen LogP contribution in [-0.4, -0.2) is 22.7 Å². The minimum Gasteiger partial charge on any atom is -0.496 e. The molecule has 3 rings (SSSR count). The quantitative estimate of drug-likeness (QED) is 0.189. The number of aryl methyl sites for hydroxylation is 1. The number of ether oxygens (including phenoxy) is 1. The minimum atomic E-state index is -2.95. The number of ketones is 1. The number of allylic oxidation sites excluding steroid dienone is 1. The lowest BCUT2D eigenvalue weighted by Crippen LogP contribution is -2.08. The molecule has 0 saturated heterocycles. The van der Waals surface area contributed by atoms with Crippen molar-refractivity contribution >= 4 is 23.2 Å². The first-order valence-corrected chi connectivity index (χ1v) is 10.8. The summed E-state index contributed by atoms with van der Waals surface area (Å²) < 4.78 is 58.6. The van der Waals surface area contributed by atoms with Crippen molar-refractivity contribution in [3.63, 3.8) is 0 Å². The van der Waals surface area contributed by atoms with E-state index in [-0.39, 0.29) is 12.3 Å². The van der Waals surface area contributed by atoms with E-state index in [2.05, 4.69) is 12.0 Å². The van der Waals surface area contributed by atoms with Crippen molar-refractivity contribution in [3.05, 3.63) is 74.7 Å². The standard InChI is InChI=1S/C23H22F4N2O2S/c1-3-4-16-7-10-21(32-16)19(30)8-5-14-6-9-20(31-2)15(11-14)13-29-18(23(26)27)12-17(28-29)22(24)25/h5-12,22-23H,3-4,13H2,1-2H3/b8-5+. The average molecular weight is 466 g/mol. The number of halogens is 4. The second kappa shape index (κ2) is 10.6. The number of hydrogen-bond acceptors (Lipinski definition) is 4. The van der Waals surface area contributed by atoms with Gasteiger partial charge in [-0.1, -0.05) is 25.5 Å². The molecular weight excluding hydrogens is 444 g/mol. The summed E-state index contributed by atoms with van der Waals surface area (Å²) in [6.45, 7) is 1.89. The lowest BCUT2D eigenvalue weighted by molar-refractivity contribution is 0.105. The van der Waals surface area contributed by atoms with E-state index < -0.39 is 24.2 Å². The number of alkyl halides is 4. The smallest absolute Gasteiger partial charge is 0.282 e. The summed E-state index contributed by atoms with van der Waals surface area (Å²) >= 11 is 1.46. The average Bonchev–Trinajstić information content (AvgIpc) is 3.40. The van der Waals surface area contributed by atoms with Crippen molar-refractivity contribution in [1.82, 2.24) is 9.78 Å². The number of rotatable bonds is 10. The Labute approximate surface area is 187 Å². The molecule has 2 heterocycles. The van der Waals surface area contributed by atoms with Gasteiger partial charge in [-0.3, -0.25) is 9.48 Å². The third kappa shape index (κ3) is 5.64. The summed E-state index contributed by atoms with van der Waals surface area (Å²) in [6.07, 6.45) is -0.922. The first-order chi connectivity index (χ1) is 15.3. The number of carbonyl (C=O) groups is 1. The van der Waals surface area contributed by atoms with Crippen LogP contribution in [0.15, 0.2) is 42.5 Å². The fourth-order valence-electron chi connectivity index (χ4n) is 3.19. The Balaban J connectivity index is 1.84. The van der Waals surface area contributed by atoms with Crippen molar-refractivity contribution in [3.8, 4) is 5.75 Å². The molecule has 0 spiro atoms. The van der Waals surface area contributed by atoms with Crippen LogP contribution >= 0.6 is 11.3 Å². The number of carbonyl (C=O) groups excluding carboxylic acids is 1. The molecule has 1 aromatic carbocycles. The van der Waals surface area contributed by atoms with Gasteiger partial charge in [0.05, 0.1) is 18.5 Å². The molecular formula is C23H22F4N2O2S. The zero-order valence-corrected chi connectivity index (χ0v) is 18.3. The molecule has 0 radical (unpaired) electrons. The number of hydrogen-bond donors (Lipinski definition) is 0. The maximum Gasteiger partial charge on any atom is 0.282 e. The summed E-state index contributed by atoms with van der Waals surface area (Å²) in [5.74, 6) is 0.258. The minimum absolute atomic E-state index is 0.136. The molecule has 4 nitrogen and oxygen atoms in total. The number of nitrogens with zero attached hydrogens (tertiary/aromatic N) is 2. The van der Waals surface area contributed by atoms with E-state index in [1.807, 2.05) is 6.07 Å². The Hall–Kier alpha value is -2.94. The zero-order chi connectivity index (χ0) is 23.3. The van der Waals surface area contributed by atoms with Crippen LogP contribution in [0.5, 0.6) is 5.75 Å². The molecule has 9 heteroatoms. The molecule has 3 aromatic rings. The van der Waals surface area contributed by atoms with E-state index in [9.17, 15) is 22.4 Å². The summed E-state index contributed by atoms with van der Waals surface area (Å²) in [5, 5.41) is 3.62. The van der Waals surface area contributed by atoms with Crippen molar-refractivity contribution in [2.75, 3.05) is 7.11 Å². The van der Waals surface area contributed by atoms with Gasteiger partial charge in [-0.25, -0.2) is 17.6 Å². The molecule has 0 aliphatic carbocycles. The molecule has 0 aliphatic rings. The largest absolute Gasteiger partial charge is 0.496 e. The van der Waals surface area contributed by atoms with Gasteiger partial charge in [-0.05, 0) is 48.4 Å². The number of methoxy groups -OCH3 is 1. The molecule has 2 aromatic heterocycles. The van der Waals surface area contributed by atoms with Crippen LogP contribution in [-0.2, 0) is 13.0 Å². The Morgan fingerprint density at radius 1 is 1.16 bits per heavy atom. The molecule has 0 amide bonds. The Kier molecular flexibility index (Phi) is 7.84. The fraction of sp³-hybridized carbons (Fsp3) is 0.304. The fourth-order valence-corrected chi connectivity index (χ4v) is 4.22. The molecule has 0 fully saturated rings. The van der Waals surface area contributed by atoms with Crippen LogP contribution in [0.3, 0.4) is 0 Å². The van der Waals surface area contributed by atoms with E-state index >= 15 is 0 Å². The number of thiophene rings is 1. The Morgan fingerprint density at radius 2 is 1.94 bits per heavy atom. The van der Waals surface area contributed by atoms with Gasteiger partial charge < -0.3 is 4.74 Å². The second-order valence-electron chi connectivity index (χ2n) is 7.04. The van der Waals surface area contributed by atoms with Gasteiger partial charge in [0.25, 0.3) is 12.9 Å². The molecule has 170 valence electrons. The highest BCUT2D eigenvalue weighted by Crippen LogP contribution is 2.28. The van der Waals surface area contributed by atoms with Gasteiger partial charge in [-0.2, -0.15) is 5.10 Å². The summed E-state index contributed by atoms with van der Waals surface area (Å²) in [7, 11) is 1.42. The number of aromatic nitrogens is 2. The lowest BCUT2D eigenvalue weighted by Gasteiger charge is -2.12. The Morgan fingerprint density at radius 3 is 2.59 bits per heavy atom. The first kappa shape index (κ1) is 23.7. The van der Waals surface area contributed by atoms with Crippen LogP contribution in [0, 0.1) is 0 Å². The van der Waals surface area contributed by atoms with Crippen molar-refractivity contribution in [2.45, 2.75) is 39.2 Å². The maximum absolute atomic E-state index is 13.3. The van der Waals surface area contributed by atoms with Gasteiger partial charge in [0.15, 0.2) is 5.78 Å². The predicted octanol–water partition coefficient (Wildman–Crippen LogP) is 6.73. The van der Waals surface area contributed by atoms with Gasteiger partial charge in [0, 0.05) is 10.4 Å². The van der Waals surface area contributed by atoms with E-state index in [0.29, 0.717) is 27.8 Å². The molecule has 0 atom stereocenters. The van der Waals surface area contributed by atoms with E-state index in [0.717, 1.165) is 22.4 Å². The van der Waals surface area contributed by atoms with Crippen LogP contribution in [0.25, 0.3) is 6.08 Å². The van der Waals surface area contributed by atoms with E-state index in [1.54, 1.807) is 30.3 Å². The Bertz CT molecular complexity index is 1110. The van der Waals surface area contributed by atoms with Crippen molar-refractivity contribution < 1.29 is 27.1 Å². The normalized spacial score (nSPS) is 11.8. The zero-order valence-electron chi connectivity index (χ0n) is 17.5. The summed E-state index contributed by atoms with van der Waals surface area (Å²) in [5.41, 5.74) is -0.202. The van der Waals surface area contributed by atoms with E-state index in [1.165, 1.54) is 24.5 Å². The molecule has 0 aliphatic heterocycles. The predicted molar refractivity (Wildman–Crippen MR) is 116 cm³/mol. The first-order valence-electron chi connectivity index (χ1n) is 9.94. The van der Waals surface area contributed by atoms with Crippen molar-refractivity contribution in [2.24, 2.45) is 0 Å². The highest BCUT2D eigenvalue weighted by atomic mass is 32.1. The van der Waals surface area contributed by atoms with Gasteiger partial charge in [-0.15, -0.1) is 11.3 Å². The maximum atomic E-state index is 13.3. The summed E-state index contributed by atoms with van der Waals surface area (Å²) in [6, 6.07) is 9.44. The highest BCUT2D eigenvalue weighted by molar-refractivity contribution is 7.14. The second-order valence-corrected chi connectivity index (χ2v) is 8.21. The summed E-state index contributed by atoms with van der Waals surface area (Å²) in [4.78, 5) is 14.2. The van der Waals surface area contributed by atoms with E-state index in [4.69, 9.17) is 4.74 Å².